The van der Waals surface area contributed by atoms with Gasteiger partial charge in [-0.1, -0.05) is 39.9 Å². The number of hydrogen-bond donors (Lipinski definition) is 0. The molecular weight excluding hydrogens is 752 g/mol. The summed E-state index contributed by atoms with van der Waals surface area (Å²) in [4.78, 5) is 48.3. The number of fused-ring (bicyclic) bond motifs is 6. The molecule has 2 unspecified atom stereocenters. The molecule has 4 aliphatic heterocycles. The van der Waals surface area contributed by atoms with Crippen LogP contribution in [0, 0.1) is 24.2 Å². The van der Waals surface area contributed by atoms with Crippen LogP contribution in [0.15, 0.2) is 99.3 Å². The van der Waals surface area contributed by atoms with Crippen molar-refractivity contribution >= 4 is 37.7 Å². The van der Waals surface area contributed by atoms with Gasteiger partial charge in [0.25, 0.3) is 11.1 Å². The van der Waals surface area contributed by atoms with Gasteiger partial charge in [0.2, 0.25) is 0 Å². The predicted molar refractivity (Wildman–Crippen MR) is 218 cm³/mol. The third kappa shape index (κ3) is 7.36. The summed E-state index contributed by atoms with van der Waals surface area (Å²) in [6.45, 7) is 9.74. The van der Waals surface area contributed by atoms with Gasteiger partial charge < -0.3 is 0 Å². The van der Waals surface area contributed by atoms with Crippen LogP contribution in [0.25, 0.3) is 21.8 Å². The Labute approximate surface area is 328 Å². The highest BCUT2D eigenvalue weighted by Gasteiger charge is 2.42. The third-order valence-electron chi connectivity index (χ3n) is 11.3. The van der Waals surface area contributed by atoms with Crippen molar-refractivity contribution in [2.24, 2.45) is 0 Å². The number of benzene rings is 2. The fraction of sp³-hybridized carbons (Fsp3) is 0.318. The first-order valence-corrected chi connectivity index (χ1v) is 19.5. The number of halogens is 1. The molecule has 55 heavy (non-hydrogen) atoms. The molecule has 10 rings (SSSR count). The van der Waals surface area contributed by atoms with E-state index in [9.17, 15) is 9.59 Å². The molecule has 4 aromatic heterocycles. The number of nitrogens with zero attached hydrogens (tertiary/aromatic N) is 8. The molecule has 8 heterocycles. The Morgan fingerprint density at radius 1 is 0.691 bits per heavy atom. The lowest BCUT2D eigenvalue weighted by Crippen LogP contribution is -2.51. The molecule has 2 fully saturated rings. The average molecular weight is 794 g/mol. The zero-order valence-electron chi connectivity index (χ0n) is 31.0. The van der Waals surface area contributed by atoms with E-state index in [4.69, 9.17) is 16.4 Å². The van der Waals surface area contributed by atoms with Crippen LogP contribution in [0.5, 0.6) is 0 Å². The molecule has 276 valence electrons. The van der Waals surface area contributed by atoms with E-state index in [1.807, 2.05) is 75.9 Å². The standard InChI is InChI=1S/C22H20N4O.C15H16BrN3O.C7H5N/c1-22-10-4-12-25(22)14-20-24-19-13-16(6-8-17-5-2-3-11-23-17)7-9-18(19)21(27)26(20)15-22;1-15-5-2-6-18(15)8-13-17-12-7-10(16)3-4-11(12)14(20)19(13)9-15;1-2-7-5-3-4-6-8-7/h2-3,5,7,9,11,13H,4,10,12,14-15H2,1H3;3-4,7H,2,5-6,8-9H2,1H3;1,3-6H. The minimum Gasteiger partial charge on any atom is -0.293 e. The zero-order chi connectivity index (χ0) is 38.2. The average Bonchev–Trinajstić information content (AvgIpc) is 3.78. The summed E-state index contributed by atoms with van der Waals surface area (Å²) in [6.07, 6.45) is 13.1. The maximum absolute atomic E-state index is 13.1. The van der Waals surface area contributed by atoms with Crippen LogP contribution in [0.2, 0.25) is 0 Å². The summed E-state index contributed by atoms with van der Waals surface area (Å²) in [5.74, 6) is 10.4. The topological polar surface area (TPSA) is 102 Å². The zero-order valence-corrected chi connectivity index (χ0v) is 32.6. The van der Waals surface area contributed by atoms with Crippen LogP contribution in [0.3, 0.4) is 0 Å². The van der Waals surface area contributed by atoms with Crippen LogP contribution in [-0.2, 0) is 26.2 Å². The Morgan fingerprint density at radius 2 is 1.24 bits per heavy atom. The summed E-state index contributed by atoms with van der Waals surface area (Å²) in [7, 11) is 0. The minimum atomic E-state index is 0.0620. The Kier molecular flexibility index (Phi) is 9.95. The van der Waals surface area contributed by atoms with Gasteiger partial charge in [0.1, 0.15) is 23.0 Å². The number of pyridine rings is 2. The molecular formula is C44H41BrN8O2. The number of terminal acetylenes is 1. The number of aromatic nitrogens is 6. The molecule has 10 nitrogen and oxygen atoms in total. The summed E-state index contributed by atoms with van der Waals surface area (Å²) >= 11 is 3.45. The molecule has 2 saturated heterocycles. The highest BCUT2D eigenvalue weighted by Crippen LogP contribution is 2.36. The minimum absolute atomic E-state index is 0.0620. The summed E-state index contributed by atoms with van der Waals surface area (Å²) in [5.41, 5.74) is 4.14. The summed E-state index contributed by atoms with van der Waals surface area (Å²) in [6, 6.07) is 22.5. The van der Waals surface area contributed by atoms with Gasteiger partial charge in [0, 0.05) is 46.6 Å². The van der Waals surface area contributed by atoms with Crippen molar-refractivity contribution in [3.05, 3.63) is 139 Å². The van der Waals surface area contributed by atoms with Gasteiger partial charge in [0.15, 0.2) is 0 Å². The lowest BCUT2D eigenvalue weighted by Gasteiger charge is -2.40. The van der Waals surface area contributed by atoms with Gasteiger partial charge >= 0.3 is 0 Å². The Bertz CT molecular complexity index is 2640. The van der Waals surface area contributed by atoms with E-state index in [0.29, 0.717) is 16.5 Å². The van der Waals surface area contributed by atoms with Crippen molar-refractivity contribution in [1.82, 2.24) is 38.9 Å². The molecule has 2 aromatic carbocycles. The van der Waals surface area contributed by atoms with Gasteiger partial charge in [-0.05, 0) is 119 Å². The van der Waals surface area contributed by atoms with Crippen LogP contribution in [0.4, 0.5) is 0 Å². The second-order valence-electron chi connectivity index (χ2n) is 15.1. The maximum Gasteiger partial charge on any atom is 0.261 e. The van der Waals surface area contributed by atoms with Crippen molar-refractivity contribution in [3.63, 3.8) is 0 Å². The molecule has 4 aliphatic rings. The quantitative estimate of drug-likeness (QED) is 0.169. The largest absolute Gasteiger partial charge is 0.293 e. The highest BCUT2D eigenvalue weighted by molar-refractivity contribution is 9.10. The maximum atomic E-state index is 13.1. The molecule has 2 atom stereocenters. The van der Waals surface area contributed by atoms with E-state index < -0.39 is 0 Å². The van der Waals surface area contributed by atoms with Gasteiger partial charge in [-0.3, -0.25) is 28.5 Å². The van der Waals surface area contributed by atoms with Crippen LogP contribution in [0.1, 0.15) is 68.1 Å². The first kappa shape index (κ1) is 36.5. The molecule has 0 bridgehead atoms. The van der Waals surface area contributed by atoms with Crippen LogP contribution >= 0.6 is 15.9 Å². The summed E-state index contributed by atoms with van der Waals surface area (Å²) in [5, 5.41) is 1.38. The molecule has 11 heteroatoms. The SMILES string of the molecule is C#Cc1ccccn1.CC12CCCN1Cc1nc3cc(Br)ccc3c(=O)n1C2.CC12CCCN1Cc1nc3cc(C#Cc4ccccn4)ccc3c(=O)n1C2. The molecule has 0 saturated carbocycles. The number of hydrogen-bond acceptors (Lipinski definition) is 8. The molecule has 0 amide bonds. The monoisotopic (exact) mass is 792 g/mol. The molecule has 0 aliphatic carbocycles. The second-order valence-corrected chi connectivity index (χ2v) is 16.0. The summed E-state index contributed by atoms with van der Waals surface area (Å²) < 4.78 is 4.73. The highest BCUT2D eigenvalue weighted by atomic mass is 79.9. The molecule has 6 aromatic rings. The van der Waals surface area contributed by atoms with Crippen molar-refractivity contribution in [2.75, 3.05) is 13.1 Å². The Morgan fingerprint density at radius 3 is 1.76 bits per heavy atom. The van der Waals surface area contributed by atoms with E-state index in [1.54, 1.807) is 18.5 Å². The Hall–Kier alpha value is -5.46. The lowest BCUT2D eigenvalue weighted by molar-refractivity contribution is 0.0923. The Balaban J connectivity index is 0.000000133. The normalized spacial score (nSPS) is 21.0. The van der Waals surface area contributed by atoms with E-state index in [0.717, 1.165) is 90.5 Å². The van der Waals surface area contributed by atoms with Gasteiger partial charge in [-0.2, -0.15) is 0 Å². The van der Waals surface area contributed by atoms with E-state index in [-0.39, 0.29) is 22.2 Å². The van der Waals surface area contributed by atoms with Gasteiger partial charge in [-0.15, -0.1) is 6.42 Å². The van der Waals surface area contributed by atoms with E-state index >= 15 is 0 Å². The second kappa shape index (κ2) is 15.0. The van der Waals surface area contributed by atoms with E-state index in [1.165, 1.54) is 12.8 Å². The molecule has 0 radical (unpaired) electrons. The lowest BCUT2D eigenvalue weighted by atomic mass is 9.96. The first-order chi connectivity index (χ1) is 26.6. The molecule has 0 spiro atoms. The van der Waals surface area contributed by atoms with E-state index in [2.05, 4.69) is 67.3 Å². The van der Waals surface area contributed by atoms with Crippen molar-refractivity contribution < 1.29 is 0 Å². The third-order valence-corrected chi connectivity index (χ3v) is 11.8. The molecule has 0 N–H and O–H groups in total. The smallest absolute Gasteiger partial charge is 0.261 e. The van der Waals surface area contributed by atoms with Gasteiger partial charge in [-0.25, -0.2) is 19.9 Å². The first-order valence-electron chi connectivity index (χ1n) is 18.7. The fourth-order valence-corrected chi connectivity index (χ4v) is 8.60. The van der Waals surface area contributed by atoms with Crippen LogP contribution < -0.4 is 11.1 Å². The fourth-order valence-electron chi connectivity index (χ4n) is 8.25. The van der Waals surface area contributed by atoms with Crippen molar-refractivity contribution in [1.29, 1.82) is 0 Å². The van der Waals surface area contributed by atoms with Crippen molar-refractivity contribution in [3.8, 4) is 24.2 Å². The van der Waals surface area contributed by atoms with Gasteiger partial charge in [0.05, 0.1) is 34.9 Å². The number of rotatable bonds is 0. The van der Waals surface area contributed by atoms with Crippen molar-refractivity contribution in [2.45, 2.75) is 76.8 Å². The van der Waals surface area contributed by atoms with Crippen LogP contribution in [-0.4, -0.2) is 63.0 Å². The predicted octanol–water partition coefficient (Wildman–Crippen LogP) is 6.15.